The summed E-state index contributed by atoms with van der Waals surface area (Å²) in [6.45, 7) is 0.247. The smallest absolute Gasteiger partial charge is 0.326 e. The van der Waals surface area contributed by atoms with Gasteiger partial charge in [-0.15, -0.1) is 0 Å². The van der Waals surface area contributed by atoms with Crippen LogP contribution >= 0.6 is 0 Å². The van der Waals surface area contributed by atoms with Gasteiger partial charge in [0.05, 0.1) is 19.1 Å². The number of hydrogen-bond acceptors (Lipinski definition) is 6. The molecule has 1 aliphatic heterocycles. The zero-order valence-corrected chi connectivity index (χ0v) is 15.4. The standard InChI is InChI=1S/C16H22N2O7S/c1-24-13-6-5-11(10-14(13)25-2)26(22,23)17-8-7-15(19)18-9-3-4-12(18)16(20)21/h5-6,10,12,17H,3-4,7-9H2,1-2H3,(H,20,21). The predicted octanol–water partition coefficient (Wildman–Crippen LogP) is 0.448. The van der Waals surface area contributed by atoms with Gasteiger partial charge in [-0.2, -0.15) is 0 Å². The number of carboxylic acid groups (broad SMARTS) is 1. The van der Waals surface area contributed by atoms with Gasteiger partial charge in [-0.1, -0.05) is 0 Å². The van der Waals surface area contributed by atoms with Gasteiger partial charge in [0.25, 0.3) is 0 Å². The topological polar surface area (TPSA) is 122 Å². The number of carboxylic acids is 1. The summed E-state index contributed by atoms with van der Waals surface area (Å²) in [7, 11) is -0.998. The molecule has 9 nitrogen and oxygen atoms in total. The Bertz CT molecular complexity index is 779. The van der Waals surface area contributed by atoms with Crippen molar-refractivity contribution < 1.29 is 32.6 Å². The molecule has 2 rings (SSSR count). The number of rotatable bonds is 8. The molecular weight excluding hydrogens is 364 g/mol. The molecule has 0 bridgehead atoms. The number of likely N-dealkylation sites (tertiary alicyclic amines) is 1. The molecule has 1 atom stereocenters. The van der Waals surface area contributed by atoms with Crippen LogP contribution in [0.15, 0.2) is 23.1 Å². The fourth-order valence-electron chi connectivity index (χ4n) is 2.82. The Kier molecular flexibility index (Phi) is 6.43. The Hall–Kier alpha value is -2.33. The molecule has 0 spiro atoms. The number of benzene rings is 1. The highest BCUT2D eigenvalue weighted by atomic mass is 32.2. The minimum Gasteiger partial charge on any atom is -0.493 e. The zero-order valence-electron chi connectivity index (χ0n) is 14.6. The van der Waals surface area contributed by atoms with Gasteiger partial charge in [0.2, 0.25) is 15.9 Å². The number of nitrogens with one attached hydrogen (secondary N) is 1. The number of methoxy groups -OCH3 is 2. The minimum absolute atomic E-state index is 0.0211. The molecule has 1 amide bonds. The first-order chi connectivity index (χ1) is 12.3. The van der Waals surface area contributed by atoms with E-state index in [0.717, 1.165) is 0 Å². The number of amides is 1. The van der Waals surface area contributed by atoms with Gasteiger partial charge in [0.1, 0.15) is 6.04 Å². The van der Waals surface area contributed by atoms with E-state index < -0.39 is 22.0 Å². The highest BCUT2D eigenvalue weighted by Crippen LogP contribution is 2.29. The Balaban J connectivity index is 1.98. The molecule has 2 N–H and O–H groups in total. The van der Waals surface area contributed by atoms with Crippen LogP contribution in [0.25, 0.3) is 0 Å². The Morgan fingerprint density at radius 2 is 1.96 bits per heavy atom. The fraction of sp³-hybridized carbons (Fsp3) is 0.500. The third-order valence-corrected chi connectivity index (χ3v) is 5.61. The van der Waals surface area contributed by atoms with Crippen LogP contribution in [-0.4, -0.2) is 63.7 Å². The molecule has 1 unspecified atom stereocenters. The van der Waals surface area contributed by atoms with E-state index in [9.17, 15) is 18.0 Å². The molecule has 1 aliphatic rings. The van der Waals surface area contributed by atoms with Crippen LogP contribution in [0.3, 0.4) is 0 Å². The van der Waals surface area contributed by atoms with Gasteiger partial charge in [-0.25, -0.2) is 17.9 Å². The second kappa shape index (κ2) is 8.37. The van der Waals surface area contributed by atoms with Gasteiger partial charge < -0.3 is 19.5 Å². The molecule has 1 fully saturated rings. The molecule has 0 saturated carbocycles. The van der Waals surface area contributed by atoms with E-state index in [1.807, 2.05) is 0 Å². The van der Waals surface area contributed by atoms with Gasteiger partial charge in [-0.3, -0.25) is 4.79 Å². The molecular formula is C16H22N2O7S. The second-order valence-electron chi connectivity index (χ2n) is 5.75. The van der Waals surface area contributed by atoms with Crippen molar-refractivity contribution in [2.75, 3.05) is 27.3 Å². The summed E-state index contributed by atoms with van der Waals surface area (Å²) < 4.78 is 37.2. The summed E-state index contributed by atoms with van der Waals surface area (Å²) >= 11 is 0. The molecule has 10 heteroatoms. The Morgan fingerprint density at radius 3 is 2.58 bits per heavy atom. The monoisotopic (exact) mass is 386 g/mol. The SMILES string of the molecule is COc1ccc(S(=O)(=O)NCCC(=O)N2CCCC2C(=O)O)cc1OC. The fourth-order valence-corrected chi connectivity index (χ4v) is 3.87. The van der Waals surface area contributed by atoms with Crippen molar-refractivity contribution in [2.45, 2.75) is 30.2 Å². The summed E-state index contributed by atoms with van der Waals surface area (Å²) in [4.78, 5) is 24.5. The van der Waals surface area contributed by atoms with Crippen LogP contribution in [0, 0.1) is 0 Å². The molecule has 0 radical (unpaired) electrons. The van der Waals surface area contributed by atoms with Crippen molar-refractivity contribution in [3.05, 3.63) is 18.2 Å². The lowest BCUT2D eigenvalue weighted by molar-refractivity contribution is -0.148. The highest BCUT2D eigenvalue weighted by Gasteiger charge is 2.33. The number of ether oxygens (including phenoxy) is 2. The molecule has 26 heavy (non-hydrogen) atoms. The van der Waals surface area contributed by atoms with Crippen LogP contribution in [0.1, 0.15) is 19.3 Å². The van der Waals surface area contributed by atoms with Crippen LogP contribution in [0.5, 0.6) is 11.5 Å². The van der Waals surface area contributed by atoms with Gasteiger partial charge in [-0.05, 0) is 25.0 Å². The number of sulfonamides is 1. The van der Waals surface area contributed by atoms with Crippen molar-refractivity contribution in [3.63, 3.8) is 0 Å². The van der Waals surface area contributed by atoms with E-state index in [2.05, 4.69) is 4.72 Å². The number of carbonyl (C=O) groups is 2. The molecule has 1 aromatic carbocycles. The van der Waals surface area contributed by atoms with Crippen LogP contribution < -0.4 is 14.2 Å². The number of aliphatic carboxylic acids is 1. The summed E-state index contributed by atoms with van der Waals surface area (Å²) in [5, 5.41) is 9.10. The lowest BCUT2D eigenvalue weighted by Crippen LogP contribution is -2.41. The van der Waals surface area contributed by atoms with E-state index in [-0.39, 0.29) is 29.5 Å². The molecule has 1 heterocycles. The van der Waals surface area contributed by atoms with Crippen LogP contribution in [-0.2, 0) is 19.6 Å². The number of nitrogens with zero attached hydrogens (tertiary/aromatic N) is 1. The Morgan fingerprint density at radius 1 is 1.27 bits per heavy atom. The zero-order chi connectivity index (χ0) is 19.3. The first-order valence-corrected chi connectivity index (χ1v) is 9.52. The van der Waals surface area contributed by atoms with Gasteiger partial charge in [0.15, 0.2) is 11.5 Å². The summed E-state index contributed by atoms with van der Waals surface area (Å²) in [5.41, 5.74) is 0. The summed E-state index contributed by atoms with van der Waals surface area (Å²) in [5.74, 6) is -0.755. The van der Waals surface area contributed by atoms with Gasteiger partial charge >= 0.3 is 5.97 Å². The maximum Gasteiger partial charge on any atom is 0.326 e. The maximum atomic E-state index is 12.3. The third kappa shape index (κ3) is 4.44. The Labute approximate surface area is 151 Å². The van der Waals surface area contributed by atoms with E-state index >= 15 is 0 Å². The molecule has 1 aromatic rings. The van der Waals surface area contributed by atoms with Crippen molar-refractivity contribution in [3.8, 4) is 11.5 Å². The highest BCUT2D eigenvalue weighted by molar-refractivity contribution is 7.89. The minimum atomic E-state index is -3.84. The largest absolute Gasteiger partial charge is 0.493 e. The quantitative estimate of drug-likeness (QED) is 0.665. The average Bonchev–Trinajstić information content (AvgIpc) is 3.11. The second-order valence-corrected chi connectivity index (χ2v) is 7.51. The van der Waals surface area contributed by atoms with Crippen molar-refractivity contribution in [1.82, 2.24) is 9.62 Å². The summed E-state index contributed by atoms with van der Waals surface area (Å²) in [6, 6.07) is 3.33. The van der Waals surface area contributed by atoms with E-state index in [0.29, 0.717) is 25.1 Å². The number of hydrogen-bond donors (Lipinski definition) is 2. The molecule has 144 valence electrons. The van der Waals surface area contributed by atoms with Crippen molar-refractivity contribution >= 4 is 21.9 Å². The maximum absolute atomic E-state index is 12.3. The van der Waals surface area contributed by atoms with E-state index in [1.165, 1.54) is 37.3 Å². The molecule has 0 aromatic heterocycles. The lowest BCUT2D eigenvalue weighted by atomic mass is 10.2. The van der Waals surface area contributed by atoms with Gasteiger partial charge in [0, 0.05) is 25.6 Å². The predicted molar refractivity (Wildman–Crippen MR) is 91.7 cm³/mol. The van der Waals surface area contributed by atoms with E-state index in [1.54, 1.807) is 0 Å². The number of carbonyl (C=O) groups excluding carboxylic acids is 1. The van der Waals surface area contributed by atoms with Crippen LogP contribution in [0.2, 0.25) is 0 Å². The summed E-state index contributed by atoms with van der Waals surface area (Å²) in [6.07, 6.45) is 0.925. The average molecular weight is 386 g/mol. The lowest BCUT2D eigenvalue weighted by Gasteiger charge is -2.21. The van der Waals surface area contributed by atoms with Crippen LogP contribution in [0.4, 0.5) is 0 Å². The molecule has 0 aliphatic carbocycles. The first kappa shape index (κ1) is 20.0. The first-order valence-electron chi connectivity index (χ1n) is 8.04. The normalized spacial score (nSPS) is 17.2. The molecule has 1 saturated heterocycles. The van der Waals surface area contributed by atoms with Crippen molar-refractivity contribution in [2.24, 2.45) is 0 Å². The third-order valence-electron chi connectivity index (χ3n) is 4.15. The van der Waals surface area contributed by atoms with E-state index in [4.69, 9.17) is 14.6 Å². The van der Waals surface area contributed by atoms with Crippen molar-refractivity contribution in [1.29, 1.82) is 0 Å².